The predicted molar refractivity (Wildman–Crippen MR) is 89.3 cm³/mol. The maximum Gasteiger partial charge on any atom is 0.127 e. The highest BCUT2D eigenvalue weighted by Crippen LogP contribution is 2.37. The van der Waals surface area contributed by atoms with Crippen LogP contribution in [-0.4, -0.2) is 21.3 Å². The number of nitrogens with one attached hydrogen (secondary N) is 1. The number of methoxy groups -OCH3 is 2. The third kappa shape index (κ3) is 3.22. The van der Waals surface area contributed by atoms with E-state index in [2.05, 4.69) is 46.4 Å². The molecular weight excluding hydrogens is 330 g/mol. The summed E-state index contributed by atoms with van der Waals surface area (Å²) >= 11 is 3.54. The Morgan fingerprint density at radius 1 is 1.05 bits per heavy atom. The van der Waals surface area contributed by atoms with Crippen molar-refractivity contribution in [3.05, 3.63) is 57.6 Å². The van der Waals surface area contributed by atoms with Crippen molar-refractivity contribution in [3.63, 3.8) is 0 Å². The van der Waals surface area contributed by atoms with Crippen LogP contribution in [0.15, 0.2) is 40.9 Å². The molecule has 0 aliphatic carbocycles. The Bertz CT molecular complexity index is 606. The zero-order valence-corrected chi connectivity index (χ0v) is 14.3. The molecule has 0 bridgehead atoms. The molecule has 0 saturated heterocycles. The normalized spacial score (nSPS) is 12.0. The van der Waals surface area contributed by atoms with Crippen LogP contribution in [-0.2, 0) is 0 Å². The smallest absolute Gasteiger partial charge is 0.127 e. The molecule has 2 aromatic carbocycles. The number of aryl methyl sites for hydroxylation is 1. The second-order valence-corrected chi connectivity index (χ2v) is 5.66. The summed E-state index contributed by atoms with van der Waals surface area (Å²) in [6, 6.07) is 12.2. The summed E-state index contributed by atoms with van der Waals surface area (Å²) in [4.78, 5) is 0. The fraction of sp³-hybridized carbons (Fsp3) is 0.294. The van der Waals surface area contributed by atoms with Gasteiger partial charge in [0.25, 0.3) is 0 Å². The van der Waals surface area contributed by atoms with Gasteiger partial charge in [0.1, 0.15) is 11.5 Å². The average Bonchev–Trinajstić information content (AvgIpc) is 2.51. The molecule has 3 nitrogen and oxygen atoms in total. The highest BCUT2D eigenvalue weighted by atomic mass is 79.9. The first-order valence-corrected chi connectivity index (χ1v) is 7.55. The van der Waals surface area contributed by atoms with Crippen LogP contribution in [0.25, 0.3) is 0 Å². The van der Waals surface area contributed by atoms with E-state index < -0.39 is 0 Å². The molecule has 2 aromatic rings. The molecule has 1 unspecified atom stereocenters. The van der Waals surface area contributed by atoms with E-state index in [4.69, 9.17) is 9.47 Å². The highest BCUT2D eigenvalue weighted by Gasteiger charge is 2.21. The van der Waals surface area contributed by atoms with E-state index in [1.54, 1.807) is 14.2 Å². The van der Waals surface area contributed by atoms with Gasteiger partial charge in [-0.15, -0.1) is 0 Å². The molecule has 0 amide bonds. The zero-order chi connectivity index (χ0) is 15.4. The Kier molecular flexibility index (Phi) is 5.26. The minimum absolute atomic E-state index is 0.00269. The standard InChI is InChI=1S/C17H20BrNO2/c1-11-10-12(8-9-13(11)18)17(19-2)16-14(20-3)6-5-7-15(16)21-4/h5-10,17,19H,1-4H3. The Hall–Kier alpha value is -1.52. The molecule has 0 saturated carbocycles. The number of halogens is 1. The lowest BCUT2D eigenvalue weighted by Crippen LogP contribution is -2.19. The van der Waals surface area contributed by atoms with Crippen LogP contribution in [0.1, 0.15) is 22.7 Å². The SMILES string of the molecule is CNC(c1ccc(Br)c(C)c1)c1c(OC)cccc1OC. The molecule has 0 aromatic heterocycles. The van der Waals surface area contributed by atoms with Gasteiger partial charge in [-0.3, -0.25) is 0 Å². The van der Waals surface area contributed by atoms with E-state index in [9.17, 15) is 0 Å². The van der Waals surface area contributed by atoms with Crippen molar-refractivity contribution in [2.24, 2.45) is 0 Å². The van der Waals surface area contributed by atoms with Crippen LogP contribution >= 0.6 is 15.9 Å². The van der Waals surface area contributed by atoms with Gasteiger partial charge in [0.15, 0.2) is 0 Å². The van der Waals surface area contributed by atoms with Crippen molar-refractivity contribution in [2.75, 3.05) is 21.3 Å². The molecule has 0 radical (unpaired) electrons. The quantitative estimate of drug-likeness (QED) is 0.881. The highest BCUT2D eigenvalue weighted by molar-refractivity contribution is 9.10. The third-order valence-electron chi connectivity index (χ3n) is 3.56. The lowest BCUT2D eigenvalue weighted by Gasteiger charge is -2.22. The maximum atomic E-state index is 5.52. The second kappa shape index (κ2) is 6.96. The summed E-state index contributed by atoms with van der Waals surface area (Å²) in [6.07, 6.45) is 0. The predicted octanol–water partition coefficient (Wildman–Crippen LogP) is 4.08. The lowest BCUT2D eigenvalue weighted by molar-refractivity contribution is 0.379. The van der Waals surface area contributed by atoms with Crippen molar-refractivity contribution in [1.82, 2.24) is 5.32 Å². The molecule has 0 heterocycles. The van der Waals surface area contributed by atoms with Crippen molar-refractivity contribution < 1.29 is 9.47 Å². The van der Waals surface area contributed by atoms with Gasteiger partial charge in [0, 0.05) is 4.47 Å². The molecule has 0 aliphatic rings. The van der Waals surface area contributed by atoms with E-state index in [1.165, 1.54) is 11.1 Å². The Balaban J connectivity index is 2.57. The summed E-state index contributed by atoms with van der Waals surface area (Å²) in [5.74, 6) is 1.63. The van der Waals surface area contributed by atoms with E-state index in [0.717, 1.165) is 21.5 Å². The maximum absolute atomic E-state index is 5.52. The summed E-state index contributed by atoms with van der Waals surface area (Å²) < 4.78 is 12.1. The second-order valence-electron chi connectivity index (χ2n) is 4.81. The number of hydrogen-bond donors (Lipinski definition) is 1. The number of benzene rings is 2. The van der Waals surface area contributed by atoms with Crippen LogP contribution in [0.5, 0.6) is 11.5 Å². The third-order valence-corrected chi connectivity index (χ3v) is 4.45. The topological polar surface area (TPSA) is 30.5 Å². The number of hydrogen-bond acceptors (Lipinski definition) is 3. The first kappa shape index (κ1) is 15.9. The van der Waals surface area contributed by atoms with Gasteiger partial charge >= 0.3 is 0 Å². The van der Waals surface area contributed by atoms with E-state index >= 15 is 0 Å². The molecule has 0 spiro atoms. The summed E-state index contributed by atoms with van der Waals surface area (Å²) in [5.41, 5.74) is 3.37. The largest absolute Gasteiger partial charge is 0.496 e. The Labute approximate surface area is 134 Å². The summed E-state index contributed by atoms with van der Waals surface area (Å²) in [6.45, 7) is 2.08. The van der Waals surface area contributed by atoms with Crippen molar-refractivity contribution >= 4 is 15.9 Å². The Morgan fingerprint density at radius 3 is 2.14 bits per heavy atom. The fourth-order valence-corrected chi connectivity index (χ4v) is 2.74. The number of rotatable bonds is 5. The zero-order valence-electron chi connectivity index (χ0n) is 12.7. The van der Waals surface area contributed by atoms with E-state index in [1.807, 2.05) is 25.2 Å². The fourth-order valence-electron chi connectivity index (χ4n) is 2.49. The molecule has 0 aliphatic heterocycles. The van der Waals surface area contributed by atoms with Gasteiger partial charge in [-0.05, 0) is 43.3 Å². The van der Waals surface area contributed by atoms with E-state index in [-0.39, 0.29) is 6.04 Å². The number of ether oxygens (including phenoxy) is 2. The lowest BCUT2D eigenvalue weighted by atomic mass is 9.96. The van der Waals surface area contributed by atoms with Gasteiger partial charge in [-0.1, -0.05) is 34.1 Å². The first-order valence-electron chi connectivity index (χ1n) is 6.76. The van der Waals surface area contributed by atoms with Crippen molar-refractivity contribution in [1.29, 1.82) is 0 Å². The molecule has 21 heavy (non-hydrogen) atoms. The molecule has 4 heteroatoms. The minimum atomic E-state index is 0.00269. The molecule has 112 valence electrons. The van der Waals surface area contributed by atoms with Crippen LogP contribution in [0.4, 0.5) is 0 Å². The van der Waals surface area contributed by atoms with E-state index in [0.29, 0.717) is 0 Å². The van der Waals surface area contributed by atoms with Crippen LogP contribution in [0, 0.1) is 6.92 Å². The Morgan fingerprint density at radius 2 is 1.67 bits per heavy atom. The summed E-state index contributed by atoms with van der Waals surface area (Å²) in [5, 5.41) is 3.36. The van der Waals surface area contributed by atoms with Gasteiger partial charge in [-0.2, -0.15) is 0 Å². The van der Waals surface area contributed by atoms with Gasteiger partial charge < -0.3 is 14.8 Å². The molecular formula is C17H20BrNO2. The van der Waals surface area contributed by atoms with Crippen LogP contribution < -0.4 is 14.8 Å². The van der Waals surface area contributed by atoms with Crippen molar-refractivity contribution in [3.8, 4) is 11.5 Å². The molecule has 1 N–H and O–H groups in total. The minimum Gasteiger partial charge on any atom is -0.496 e. The first-order chi connectivity index (χ1) is 10.1. The summed E-state index contributed by atoms with van der Waals surface area (Å²) in [7, 11) is 5.30. The van der Waals surface area contributed by atoms with Crippen molar-refractivity contribution in [2.45, 2.75) is 13.0 Å². The monoisotopic (exact) mass is 349 g/mol. The van der Waals surface area contributed by atoms with Gasteiger partial charge in [-0.25, -0.2) is 0 Å². The molecule has 0 fully saturated rings. The molecule has 1 atom stereocenters. The van der Waals surface area contributed by atoms with Crippen LogP contribution in [0.3, 0.4) is 0 Å². The van der Waals surface area contributed by atoms with Gasteiger partial charge in [0.2, 0.25) is 0 Å². The average molecular weight is 350 g/mol. The molecule has 2 rings (SSSR count). The van der Waals surface area contributed by atoms with Gasteiger partial charge in [0.05, 0.1) is 25.8 Å². The van der Waals surface area contributed by atoms with Crippen LogP contribution in [0.2, 0.25) is 0 Å².